The van der Waals surface area contributed by atoms with Crippen LogP contribution in [0.15, 0.2) is 10.7 Å². The van der Waals surface area contributed by atoms with E-state index in [9.17, 15) is 13.2 Å². The van der Waals surface area contributed by atoms with E-state index in [4.69, 9.17) is 4.52 Å². The van der Waals surface area contributed by atoms with Crippen molar-refractivity contribution in [3.63, 3.8) is 0 Å². The summed E-state index contributed by atoms with van der Waals surface area (Å²) in [5, 5.41) is 3.96. The maximum atomic E-state index is 12.9. The summed E-state index contributed by atoms with van der Waals surface area (Å²) in [6.45, 7) is 6.09. The second-order valence-corrected chi connectivity index (χ2v) is 6.47. The SMILES string of the molecule is Cc1noc(C)c1CN1CCC[C@H](c2nc(C(F)(F)F)cn2C)C1. The monoisotopic (exact) mass is 342 g/mol. The molecule has 132 valence electrons. The van der Waals surface area contributed by atoms with Gasteiger partial charge in [0.1, 0.15) is 11.6 Å². The molecule has 8 heteroatoms. The fourth-order valence-electron chi connectivity index (χ4n) is 3.36. The zero-order valence-corrected chi connectivity index (χ0v) is 14.0. The van der Waals surface area contributed by atoms with Gasteiger partial charge in [-0.15, -0.1) is 0 Å². The Hall–Kier alpha value is -1.83. The number of hydrogen-bond donors (Lipinski definition) is 0. The third kappa shape index (κ3) is 3.33. The lowest BCUT2D eigenvalue weighted by atomic mass is 9.96. The number of imidazole rings is 1. The van der Waals surface area contributed by atoms with Crippen molar-refractivity contribution in [1.29, 1.82) is 0 Å². The average molecular weight is 342 g/mol. The molecule has 0 saturated carbocycles. The van der Waals surface area contributed by atoms with E-state index in [-0.39, 0.29) is 5.92 Å². The Morgan fingerprint density at radius 2 is 2.08 bits per heavy atom. The quantitative estimate of drug-likeness (QED) is 0.857. The molecule has 1 aliphatic rings. The molecule has 2 aromatic rings. The Kier molecular flexibility index (Phi) is 4.42. The van der Waals surface area contributed by atoms with Crippen LogP contribution in [0.4, 0.5) is 13.2 Å². The molecular formula is C16H21F3N4O. The van der Waals surface area contributed by atoms with Crippen LogP contribution < -0.4 is 0 Å². The highest BCUT2D eigenvalue weighted by atomic mass is 19.4. The lowest BCUT2D eigenvalue weighted by Crippen LogP contribution is -2.35. The van der Waals surface area contributed by atoms with Crippen LogP contribution in [0, 0.1) is 13.8 Å². The second-order valence-electron chi connectivity index (χ2n) is 6.47. The summed E-state index contributed by atoms with van der Waals surface area (Å²) in [4.78, 5) is 6.09. The highest BCUT2D eigenvalue weighted by Gasteiger charge is 2.36. The van der Waals surface area contributed by atoms with Crippen LogP contribution in [0.2, 0.25) is 0 Å². The lowest BCUT2D eigenvalue weighted by molar-refractivity contribution is -0.141. The van der Waals surface area contributed by atoms with Gasteiger partial charge in [-0.3, -0.25) is 4.90 Å². The molecule has 0 amide bonds. The normalized spacial score (nSPS) is 19.8. The summed E-state index contributed by atoms with van der Waals surface area (Å²) in [5.74, 6) is 1.30. The molecule has 0 spiro atoms. The molecule has 1 fully saturated rings. The minimum Gasteiger partial charge on any atom is -0.361 e. The van der Waals surface area contributed by atoms with Crippen LogP contribution in [0.5, 0.6) is 0 Å². The van der Waals surface area contributed by atoms with Crippen molar-refractivity contribution in [3.05, 3.63) is 34.7 Å². The van der Waals surface area contributed by atoms with Crippen molar-refractivity contribution in [1.82, 2.24) is 19.6 Å². The maximum Gasteiger partial charge on any atom is 0.434 e. The minimum atomic E-state index is -4.40. The summed E-state index contributed by atoms with van der Waals surface area (Å²) in [6.07, 6.45) is -1.55. The van der Waals surface area contributed by atoms with Crippen molar-refractivity contribution in [2.24, 2.45) is 7.05 Å². The third-order valence-corrected chi connectivity index (χ3v) is 4.64. The maximum absolute atomic E-state index is 12.9. The first kappa shape index (κ1) is 17.0. The number of piperidine rings is 1. The van der Waals surface area contributed by atoms with Crippen molar-refractivity contribution in [2.75, 3.05) is 13.1 Å². The zero-order chi connectivity index (χ0) is 17.5. The predicted molar refractivity (Wildman–Crippen MR) is 81.4 cm³/mol. The summed E-state index contributed by atoms with van der Waals surface area (Å²) in [6, 6.07) is 0. The van der Waals surface area contributed by atoms with Crippen LogP contribution in [0.1, 0.15) is 47.3 Å². The fraction of sp³-hybridized carbons (Fsp3) is 0.625. The fourth-order valence-corrected chi connectivity index (χ4v) is 3.36. The number of nitrogens with zero attached hydrogens (tertiary/aromatic N) is 4. The highest BCUT2D eigenvalue weighted by Crippen LogP contribution is 2.32. The summed E-state index contributed by atoms with van der Waals surface area (Å²) >= 11 is 0. The first-order chi connectivity index (χ1) is 11.3. The van der Waals surface area contributed by atoms with E-state index < -0.39 is 11.9 Å². The van der Waals surface area contributed by atoms with E-state index >= 15 is 0 Å². The summed E-state index contributed by atoms with van der Waals surface area (Å²) in [5.41, 5.74) is 1.11. The molecule has 1 atom stereocenters. The van der Waals surface area contributed by atoms with Crippen molar-refractivity contribution in [2.45, 2.75) is 45.3 Å². The van der Waals surface area contributed by atoms with Gasteiger partial charge < -0.3 is 9.09 Å². The van der Waals surface area contributed by atoms with E-state index in [1.807, 2.05) is 13.8 Å². The minimum absolute atomic E-state index is 0.000299. The summed E-state index contributed by atoms with van der Waals surface area (Å²) < 4.78 is 45.3. The van der Waals surface area contributed by atoms with Crippen molar-refractivity contribution < 1.29 is 17.7 Å². The number of rotatable bonds is 3. The molecule has 24 heavy (non-hydrogen) atoms. The molecule has 1 aliphatic heterocycles. The number of alkyl halides is 3. The first-order valence-electron chi connectivity index (χ1n) is 8.00. The number of likely N-dealkylation sites (tertiary alicyclic amines) is 1. The molecule has 0 N–H and O–H groups in total. The smallest absolute Gasteiger partial charge is 0.361 e. The van der Waals surface area contributed by atoms with Crippen LogP contribution >= 0.6 is 0 Å². The Morgan fingerprint density at radius 1 is 1.33 bits per heavy atom. The Balaban J connectivity index is 1.75. The molecule has 0 bridgehead atoms. The Bertz CT molecular complexity index is 700. The van der Waals surface area contributed by atoms with E-state index in [1.54, 1.807) is 7.05 Å². The molecular weight excluding hydrogens is 321 g/mol. The summed E-state index contributed by atoms with van der Waals surface area (Å²) in [7, 11) is 1.63. The third-order valence-electron chi connectivity index (χ3n) is 4.64. The standard InChI is InChI=1S/C16H21F3N4O/c1-10-13(11(2)24-21-10)8-23-6-4-5-12(7-23)15-20-14(9-22(15)3)16(17,18)19/h9,12H,4-8H2,1-3H3/t12-/m0/s1. The molecule has 2 aromatic heterocycles. The van der Waals surface area contributed by atoms with Gasteiger partial charge in [0.2, 0.25) is 0 Å². The van der Waals surface area contributed by atoms with Gasteiger partial charge in [-0.05, 0) is 33.2 Å². The number of aryl methyl sites for hydroxylation is 3. The van der Waals surface area contributed by atoms with Crippen molar-refractivity contribution >= 4 is 0 Å². The predicted octanol–water partition coefficient (Wildman–Crippen LogP) is 3.42. The van der Waals surface area contributed by atoms with Gasteiger partial charge in [0.15, 0.2) is 5.69 Å². The van der Waals surface area contributed by atoms with E-state index in [1.165, 1.54) is 4.57 Å². The Morgan fingerprint density at radius 3 is 2.67 bits per heavy atom. The Labute approximate surface area is 138 Å². The second kappa shape index (κ2) is 6.23. The molecule has 0 aliphatic carbocycles. The molecule has 3 heterocycles. The van der Waals surface area contributed by atoms with Crippen molar-refractivity contribution in [3.8, 4) is 0 Å². The molecule has 0 aromatic carbocycles. The average Bonchev–Trinajstić information content (AvgIpc) is 3.05. The number of aromatic nitrogens is 3. The van der Waals surface area contributed by atoms with Gasteiger partial charge in [-0.25, -0.2) is 4.98 Å². The van der Waals surface area contributed by atoms with Crippen LogP contribution in [-0.4, -0.2) is 32.7 Å². The van der Waals surface area contributed by atoms with Gasteiger partial charge in [-0.1, -0.05) is 5.16 Å². The largest absolute Gasteiger partial charge is 0.434 e. The van der Waals surface area contributed by atoms with Gasteiger partial charge in [0.05, 0.1) is 5.69 Å². The molecule has 0 radical (unpaired) electrons. The van der Waals surface area contributed by atoms with Crippen LogP contribution in [-0.2, 0) is 19.8 Å². The highest BCUT2D eigenvalue weighted by molar-refractivity contribution is 5.21. The topological polar surface area (TPSA) is 47.1 Å². The number of halogens is 3. The van der Waals surface area contributed by atoms with Gasteiger partial charge in [0.25, 0.3) is 0 Å². The number of hydrogen-bond acceptors (Lipinski definition) is 4. The van der Waals surface area contributed by atoms with E-state index in [0.717, 1.165) is 42.6 Å². The van der Waals surface area contributed by atoms with E-state index in [2.05, 4.69) is 15.0 Å². The lowest BCUT2D eigenvalue weighted by Gasteiger charge is -2.32. The molecule has 3 rings (SSSR count). The molecule has 0 unspecified atom stereocenters. The zero-order valence-electron chi connectivity index (χ0n) is 14.0. The van der Waals surface area contributed by atoms with Gasteiger partial charge in [0, 0.05) is 37.8 Å². The van der Waals surface area contributed by atoms with Crippen LogP contribution in [0.3, 0.4) is 0 Å². The van der Waals surface area contributed by atoms with E-state index in [0.29, 0.717) is 18.9 Å². The molecule has 5 nitrogen and oxygen atoms in total. The van der Waals surface area contributed by atoms with Gasteiger partial charge in [-0.2, -0.15) is 13.2 Å². The molecule has 1 saturated heterocycles. The van der Waals surface area contributed by atoms with Gasteiger partial charge >= 0.3 is 6.18 Å². The van der Waals surface area contributed by atoms with Crippen LogP contribution in [0.25, 0.3) is 0 Å². The first-order valence-corrected chi connectivity index (χ1v) is 8.00.